The molecule has 1 aliphatic carbocycles. The van der Waals surface area contributed by atoms with Gasteiger partial charge >= 0.3 is 0 Å². The van der Waals surface area contributed by atoms with Crippen molar-refractivity contribution < 1.29 is 0 Å². The van der Waals surface area contributed by atoms with Gasteiger partial charge in [-0.3, -0.25) is 0 Å². The van der Waals surface area contributed by atoms with Crippen molar-refractivity contribution in [2.24, 2.45) is 0 Å². The molecule has 3 rings (SSSR count). The topological polar surface area (TPSA) is 12.9 Å². The largest absolute Gasteiger partial charge is 0.236 e. The summed E-state index contributed by atoms with van der Waals surface area (Å²) in [5, 5.41) is 1.90. The van der Waals surface area contributed by atoms with E-state index in [4.69, 9.17) is 11.6 Å². The number of para-hydroxylation sites is 1. The van der Waals surface area contributed by atoms with E-state index in [9.17, 15) is 0 Å². The Balaban J connectivity index is 2.13. The van der Waals surface area contributed by atoms with Gasteiger partial charge in [0.05, 0.1) is 5.52 Å². The van der Waals surface area contributed by atoms with Crippen molar-refractivity contribution in [2.45, 2.75) is 31.6 Å². The van der Waals surface area contributed by atoms with E-state index in [0.29, 0.717) is 11.1 Å². The zero-order chi connectivity index (χ0) is 11.0. The smallest absolute Gasteiger partial charge is 0.133 e. The van der Waals surface area contributed by atoms with E-state index < -0.39 is 0 Å². The van der Waals surface area contributed by atoms with Gasteiger partial charge in [0.25, 0.3) is 0 Å². The van der Waals surface area contributed by atoms with Crippen molar-refractivity contribution in [1.82, 2.24) is 4.98 Å². The van der Waals surface area contributed by atoms with Crippen molar-refractivity contribution in [3.8, 4) is 0 Å². The molecule has 82 valence electrons. The minimum absolute atomic E-state index is 0.629. The summed E-state index contributed by atoms with van der Waals surface area (Å²) in [6.07, 6.45) is 5.18. The number of hydrogen-bond acceptors (Lipinski definition) is 1. The maximum absolute atomic E-state index is 6.27. The molecule has 0 aliphatic heterocycles. The first-order valence-electron chi connectivity index (χ1n) is 5.90. The Labute approximate surface area is 100 Å². The molecule has 1 nitrogen and oxygen atoms in total. The lowest BCUT2D eigenvalue weighted by atomic mass is 9.98. The Morgan fingerprint density at radius 1 is 1.12 bits per heavy atom. The number of hydrogen-bond donors (Lipinski definition) is 0. The van der Waals surface area contributed by atoms with Gasteiger partial charge in [-0.1, -0.05) is 42.6 Å². The summed E-state index contributed by atoms with van der Waals surface area (Å²) >= 11 is 6.27. The Kier molecular flexibility index (Phi) is 2.56. The second kappa shape index (κ2) is 4.06. The number of rotatable bonds is 1. The van der Waals surface area contributed by atoms with Crippen LogP contribution < -0.4 is 0 Å². The summed E-state index contributed by atoms with van der Waals surface area (Å²) < 4.78 is 0. The summed E-state index contributed by atoms with van der Waals surface area (Å²) in [7, 11) is 0. The van der Waals surface area contributed by atoms with Crippen molar-refractivity contribution >= 4 is 22.5 Å². The summed E-state index contributed by atoms with van der Waals surface area (Å²) in [4.78, 5) is 4.49. The van der Waals surface area contributed by atoms with E-state index in [1.54, 1.807) is 0 Å². The highest BCUT2D eigenvalue weighted by Crippen LogP contribution is 2.37. The maximum atomic E-state index is 6.27. The molecule has 0 radical (unpaired) electrons. The average molecular weight is 232 g/mol. The van der Waals surface area contributed by atoms with E-state index >= 15 is 0 Å². The van der Waals surface area contributed by atoms with Crippen LogP contribution in [0.1, 0.15) is 37.2 Å². The van der Waals surface area contributed by atoms with Crippen molar-refractivity contribution in [1.29, 1.82) is 0 Å². The molecular weight excluding hydrogens is 218 g/mol. The summed E-state index contributed by atoms with van der Waals surface area (Å²) in [6.45, 7) is 0. The summed E-state index contributed by atoms with van der Waals surface area (Å²) in [5.74, 6) is 0.629. The number of benzene rings is 1. The van der Waals surface area contributed by atoms with Crippen molar-refractivity contribution in [3.63, 3.8) is 0 Å². The van der Waals surface area contributed by atoms with Gasteiger partial charge in [0.2, 0.25) is 0 Å². The summed E-state index contributed by atoms with van der Waals surface area (Å²) in [6, 6.07) is 10.4. The van der Waals surface area contributed by atoms with Gasteiger partial charge < -0.3 is 0 Å². The number of aromatic nitrogens is 1. The Hall–Kier alpha value is -1.08. The summed E-state index contributed by atoms with van der Waals surface area (Å²) in [5.41, 5.74) is 2.24. The normalized spacial score (nSPS) is 17.1. The molecule has 1 fully saturated rings. The Bertz CT molecular complexity index is 515. The van der Waals surface area contributed by atoms with Gasteiger partial charge in [0, 0.05) is 5.39 Å². The third kappa shape index (κ3) is 1.69. The first kappa shape index (κ1) is 10.1. The minimum atomic E-state index is 0.629. The van der Waals surface area contributed by atoms with Crippen LogP contribution in [-0.2, 0) is 0 Å². The van der Waals surface area contributed by atoms with Gasteiger partial charge in [-0.2, -0.15) is 0 Å². The van der Waals surface area contributed by atoms with Crippen LogP contribution in [0.5, 0.6) is 0 Å². The lowest BCUT2D eigenvalue weighted by Crippen LogP contribution is -1.95. The van der Waals surface area contributed by atoms with E-state index in [2.05, 4.69) is 23.2 Å². The molecule has 0 bridgehead atoms. The highest BCUT2D eigenvalue weighted by atomic mass is 35.5. The third-order valence-electron chi connectivity index (χ3n) is 3.50. The predicted octanol–water partition coefficient (Wildman–Crippen LogP) is 4.55. The molecule has 0 unspecified atom stereocenters. The maximum Gasteiger partial charge on any atom is 0.133 e. The molecular formula is C14H14ClN. The molecule has 16 heavy (non-hydrogen) atoms. The number of fused-ring (bicyclic) bond motifs is 1. The van der Waals surface area contributed by atoms with Crippen LogP contribution in [0.25, 0.3) is 10.9 Å². The fourth-order valence-corrected chi connectivity index (χ4v) is 2.93. The molecule has 1 aromatic carbocycles. The van der Waals surface area contributed by atoms with Gasteiger partial charge in [0.15, 0.2) is 0 Å². The van der Waals surface area contributed by atoms with Crippen LogP contribution in [0.4, 0.5) is 0 Å². The fraction of sp³-hybridized carbons (Fsp3) is 0.357. The lowest BCUT2D eigenvalue weighted by Gasteiger charge is -2.12. The number of halogens is 1. The zero-order valence-electron chi connectivity index (χ0n) is 9.12. The quantitative estimate of drug-likeness (QED) is 0.657. The molecule has 1 aromatic heterocycles. The molecule has 1 heterocycles. The fourth-order valence-electron chi connectivity index (χ4n) is 2.63. The first-order chi connectivity index (χ1) is 7.84. The van der Waals surface area contributed by atoms with Crippen LogP contribution in [-0.4, -0.2) is 4.98 Å². The van der Waals surface area contributed by atoms with E-state index in [1.165, 1.54) is 36.6 Å². The van der Waals surface area contributed by atoms with Gasteiger partial charge in [-0.15, -0.1) is 0 Å². The monoisotopic (exact) mass is 231 g/mol. The molecule has 2 heteroatoms. The highest BCUT2D eigenvalue weighted by Gasteiger charge is 2.20. The Morgan fingerprint density at radius 3 is 2.69 bits per heavy atom. The molecule has 1 aliphatic rings. The third-order valence-corrected chi connectivity index (χ3v) is 3.80. The van der Waals surface area contributed by atoms with E-state index in [1.807, 2.05) is 12.1 Å². The van der Waals surface area contributed by atoms with Crippen LogP contribution in [0.3, 0.4) is 0 Å². The standard InChI is InChI=1S/C14H14ClN/c15-14-12(10-5-1-2-6-10)9-11-7-3-4-8-13(11)16-14/h3-4,7-10H,1-2,5-6H2. The molecule has 0 spiro atoms. The molecule has 0 N–H and O–H groups in total. The van der Waals surface area contributed by atoms with Crippen LogP contribution in [0.15, 0.2) is 30.3 Å². The van der Waals surface area contributed by atoms with Crippen LogP contribution in [0.2, 0.25) is 5.15 Å². The zero-order valence-corrected chi connectivity index (χ0v) is 9.87. The number of pyridine rings is 1. The first-order valence-corrected chi connectivity index (χ1v) is 6.27. The molecule has 0 amide bonds. The molecule has 0 saturated heterocycles. The van der Waals surface area contributed by atoms with E-state index in [-0.39, 0.29) is 0 Å². The number of nitrogens with zero attached hydrogens (tertiary/aromatic N) is 1. The van der Waals surface area contributed by atoms with Gasteiger partial charge in [-0.25, -0.2) is 4.98 Å². The van der Waals surface area contributed by atoms with E-state index in [0.717, 1.165) is 5.52 Å². The second-order valence-corrected chi connectivity index (χ2v) is 4.90. The predicted molar refractivity (Wildman–Crippen MR) is 68.0 cm³/mol. The molecule has 0 atom stereocenters. The average Bonchev–Trinajstić information content (AvgIpc) is 2.81. The van der Waals surface area contributed by atoms with Crippen molar-refractivity contribution in [3.05, 3.63) is 41.0 Å². The minimum Gasteiger partial charge on any atom is -0.236 e. The second-order valence-electron chi connectivity index (χ2n) is 4.54. The SMILES string of the molecule is Clc1nc2ccccc2cc1C1CCCC1. The van der Waals surface area contributed by atoms with Crippen LogP contribution >= 0.6 is 11.6 Å². The lowest BCUT2D eigenvalue weighted by molar-refractivity contribution is 0.721. The van der Waals surface area contributed by atoms with Crippen molar-refractivity contribution in [2.75, 3.05) is 0 Å². The molecule has 2 aromatic rings. The highest BCUT2D eigenvalue weighted by molar-refractivity contribution is 6.30. The Morgan fingerprint density at radius 2 is 1.88 bits per heavy atom. The molecule has 1 saturated carbocycles. The van der Waals surface area contributed by atoms with Gasteiger partial charge in [-0.05, 0) is 36.5 Å². The van der Waals surface area contributed by atoms with Crippen LogP contribution in [0, 0.1) is 0 Å². The van der Waals surface area contributed by atoms with Gasteiger partial charge in [0.1, 0.15) is 5.15 Å².